The zero-order valence-electron chi connectivity index (χ0n) is 11.8. The minimum absolute atomic E-state index is 0.246. The van der Waals surface area contributed by atoms with Crippen LogP contribution in [0.4, 0.5) is 0 Å². The fourth-order valence-electron chi connectivity index (χ4n) is 2.23. The molecule has 4 nitrogen and oxygen atoms in total. The van der Waals surface area contributed by atoms with Gasteiger partial charge in [-0.3, -0.25) is 9.48 Å². The van der Waals surface area contributed by atoms with Crippen molar-refractivity contribution in [1.29, 1.82) is 0 Å². The number of nitrogens with zero attached hydrogens (tertiary/aromatic N) is 2. The maximum Gasteiger partial charge on any atom is 0.156 e. The van der Waals surface area contributed by atoms with Crippen molar-refractivity contribution in [2.24, 2.45) is 0 Å². The number of carbonyl (C=O) groups excluding carboxylic acids is 1. The van der Waals surface area contributed by atoms with Crippen molar-refractivity contribution >= 4 is 33.2 Å². The summed E-state index contributed by atoms with van der Waals surface area (Å²) in [4.78, 5) is 11.3. The monoisotopic (exact) mass is 346 g/mol. The molecule has 0 aliphatic heterocycles. The maximum atomic E-state index is 11.3. The van der Waals surface area contributed by atoms with Crippen LogP contribution in [0.5, 0.6) is 0 Å². The minimum Gasteiger partial charge on any atom is -0.454 e. The van der Waals surface area contributed by atoms with Gasteiger partial charge in [-0.15, -0.1) is 0 Å². The van der Waals surface area contributed by atoms with Crippen molar-refractivity contribution in [1.82, 2.24) is 9.78 Å². The number of furan rings is 1. The summed E-state index contributed by atoms with van der Waals surface area (Å²) in [7, 11) is 0. The first-order valence-corrected chi connectivity index (χ1v) is 7.65. The van der Waals surface area contributed by atoms with Gasteiger partial charge in [0.15, 0.2) is 12.0 Å². The van der Waals surface area contributed by atoms with E-state index in [1.165, 1.54) is 0 Å². The minimum atomic E-state index is 0.246. The van der Waals surface area contributed by atoms with Gasteiger partial charge in [-0.25, -0.2) is 0 Å². The highest BCUT2D eigenvalue weighted by Gasteiger charge is 2.17. The Morgan fingerprint density at radius 1 is 1.43 bits per heavy atom. The van der Waals surface area contributed by atoms with Crippen molar-refractivity contribution < 1.29 is 9.21 Å². The molecule has 5 heteroatoms. The molecule has 0 radical (unpaired) electrons. The van der Waals surface area contributed by atoms with Crippen molar-refractivity contribution in [3.63, 3.8) is 0 Å². The van der Waals surface area contributed by atoms with Crippen molar-refractivity contribution in [3.8, 4) is 11.5 Å². The summed E-state index contributed by atoms with van der Waals surface area (Å²) < 4.78 is 8.63. The van der Waals surface area contributed by atoms with E-state index in [-0.39, 0.29) is 6.04 Å². The molecule has 0 amide bonds. The highest BCUT2D eigenvalue weighted by Crippen LogP contribution is 2.30. The molecule has 3 aromatic rings. The molecule has 0 aliphatic carbocycles. The lowest BCUT2D eigenvalue weighted by Crippen LogP contribution is -2.03. The SMILES string of the molecule is CCC(C)n1cc(C=O)c(-c2cc3cc(Br)ccc3o2)n1. The fourth-order valence-corrected chi connectivity index (χ4v) is 2.61. The van der Waals surface area contributed by atoms with E-state index in [1.807, 2.05) is 28.9 Å². The first-order valence-electron chi connectivity index (χ1n) is 6.86. The van der Waals surface area contributed by atoms with E-state index in [4.69, 9.17) is 4.42 Å². The molecule has 0 fully saturated rings. The molecule has 0 spiro atoms. The molecular weight excluding hydrogens is 332 g/mol. The van der Waals surface area contributed by atoms with Gasteiger partial charge in [-0.1, -0.05) is 22.9 Å². The molecule has 2 heterocycles. The number of carbonyl (C=O) groups is 1. The van der Waals surface area contributed by atoms with E-state index in [9.17, 15) is 4.79 Å². The van der Waals surface area contributed by atoms with Gasteiger partial charge in [0, 0.05) is 22.1 Å². The lowest BCUT2D eigenvalue weighted by molar-refractivity contribution is 0.112. The van der Waals surface area contributed by atoms with E-state index in [2.05, 4.69) is 34.9 Å². The van der Waals surface area contributed by atoms with Crippen LogP contribution < -0.4 is 0 Å². The number of benzene rings is 1. The molecule has 1 aromatic carbocycles. The van der Waals surface area contributed by atoms with Crippen molar-refractivity contribution in [2.75, 3.05) is 0 Å². The lowest BCUT2D eigenvalue weighted by atomic mass is 10.2. The van der Waals surface area contributed by atoms with Gasteiger partial charge in [0.05, 0.1) is 5.56 Å². The number of halogens is 1. The number of fused-ring (bicyclic) bond motifs is 1. The average molecular weight is 347 g/mol. The molecule has 1 atom stereocenters. The number of aldehydes is 1. The Bertz CT molecular complexity index is 804. The molecule has 2 aromatic heterocycles. The molecule has 0 saturated carbocycles. The third-order valence-electron chi connectivity index (χ3n) is 3.64. The van der Waals surface area contributed by atoms with E-state index in [0.717, 1.165) is 28.1 Å². The van der Waals surface area contributed by atoms with Gasteiger partial charge in [0.1, 0.15) is 11.3 Å². The average Bonchev–Trinajstić information content (AvgIpc) is 3.08. The third-order valence-corrected chi connectivity index (χ3v) is 4.13. The second-order valence-corrected chi connectivity index (χ2v) is 6.00. The van der Waals surface area contributed by atoms with Crippen LogP contribution in [-0.4, -0.2) is 16.1 Å². The lowest BCUT2D eigenvalue weighted by Gasteiger charge is -2.07. The van der Waals surface area contributed by atoms with Crippen LogP contribution in [0.25, 0.3) is 22.4 Å². The Balaban J connectivity index is 2.12. The summed E-state index contributed by atoms with van der Waals surface area (Å²) in [5.74, 6) is 0.618. The Labute approximate surface area is 130 Å². The van der Waals surface area contributed by atoms with E-state index < -0.39 is 0 Å². The topological polar surface area (TPSA) is 48.0 Å². The number of aromatic nitrogens is 2. The number of hydrogen-bond donors (Lipinski definition) is 0. The third kappa shape index (κ3) is 2.53. The van der Waals surface area contributed by atoms with Crippen LogP contribution in [0.2, 0.25) is 0 Å². The predicted molar refractivity (Wildman–Crippen MR) is 85.5 cm³/mol. The zero-order valence-corrected chi connectivity index (χ0v) is 13.4. The second kappa shape index (κ2) is 5.48. The molecule has 108 valence electrons. The summed E-state index contributed by atoms with van der Waals surface area (Å²) in [6.45, 7) is 4.16. The molecular formula is C16H15BrN2O2. The highest BCUT2D eigenvalue weighted by molar-refractivity contribution is 9.10. The van der Waals surface area contributed by atoms with E-state index in [0.29, 0.717) is 17.0 Å². The number of hydrogen-bond acceptors (Lipinski definition) is 3. The molecule has 0 aliphatic rings. The Morgan fingerprint density at radius 2 is 2.24 bits per heavy atom. The van der Waals surface area contributed by atoms with Crippen molar-refractivity contribution in [3.05, 3.63) is 40.5 Å². The normalized spacial score (nSPS) is 12.7. The fraction of sp³-hybridized carbons (Fsp3) is 0.250. The maximum absolute atomic E-state index is 11.3. The molecule has 0 bridgehead atoms. The summed E-state index contributed by atoms with van der Waals surface area (Å²) in [6, 6.07) is 7.96. The van der Waals surface area contributed by atoms with Crippen molar-refractivity contribution in [2.45, 2.75) is 26.3 Å². The summed E-state index contributed by atoms with van der Waals surface area (Å²) in [5, 5.41) is 5.50. The van der Waals surface area contributed by atoms with Crippen LogP contribution in [0.15, 0.2) is 39.4 Å². The quantitative estimate of drug-likeness (QED) is 0.635. The first-order chi connectivity index (χ1) is 10.1. The molecule has 3 rings (SSSR count). The summed E-state index contributed by atoms with van der Waals surface area (Å²) in [6.07, 6.45) is 3.55. The van der Waals surface area contributed by atoms with Gasteiger partial charge in [0.2, 0.25) is 0 Å². The summed E-state index contributed by atoms with van der Waals surface area (Å²) >= 11 is 3.44. The Morgan fingerprint density at radius 3 is 2.95 bits per heavy atom. The van der Waals surface area contributed by atoms with Crippen LogP contribution in [0.3, 0.4) is 0 Å². The van der Waals surface area contributed by atoms with Crippen LogP contribution in [0.1, 0.15) is 36.7 Å². The van der Waals surface area contributed by atoms with Crippen LogP contribution in [-0.2, 0) is 0 Å². The Kier molecular flexibility index (Phi) is 3.68. The van der Waals surface area contributed by atoms with Gasteiger partial charge < -0.3 is 4.42 Å². The van der Waals surface area contributed by atoms with Gasteiger partial charge >= 0.3 is 0 Å². The second-order valence-electron chi connectivity index (χ2n) is 5.08. The van der Waals surface area contributed by atoms with E-state index in [1.54, 1.807) is 6.20 Å². The van der Waals surface area contributed by atoms with Crippen LogP contribution >= 0.6 is 15.9 Å². The smallest absolute Gasteiger partial charge is 0.156 e. The largest absolute Gasteiger partial charge is 0.454 e. The van der Waals surface area contributed by atoms with E-state index >= 15 is 0 Å². The highest BCUT2D eigenvalue weighted by atomic mass is 79.9. The zero-order chi connectivity index (χ0) is 15.0. The van der Waals surface area contributed by atoms with Gasteiger partial charge in [0.25, 0.3) is 0 Å². The van der Waals surface area contributed by atoms with Gasteiger partial charge in [-0.2, -0.15) is 5.10 Å². The van der Waals surface area contributed by atoms with Gasteiger partial charge in [-0.05, 0) is 37.6 Å². The van der Waals surface area contributed by atoms with Crippen LogP contribution in [0, 0.1) is 0 Å². The number of rotatable bonds is 4. The Hall–Kier alpha value is -1.88. The molecule has 1 unspecified atom stereocenters. The first kappa shape index (κ1) is 14.1. The predicted octanol–water partition coefficient (Wildman–Crippen LogP) is 4.84. The molecule has 0 saturated heterocycles. The molecule has 21 heavy (non-hydrogen) atoms. The summed E-state index contributed by atoms with van der Waals surface area (Å²) in [5.41, 5.74) is 1.93. The standard InChI is InChI=1S/C16H15BrN2O2/c1-3-10(2)19-8-12(9-20)16(18-19)15-7-11-6-13(17)4-5-14(11)21-15/h4-10H,3H2,1-2H3. The molecule has 0 N–H and O–H groups in total.